The Morgan fingerprint density at radius 3 is 2.72 bits per heavy atom. The third-order valence-electron chi connectivity index (χ3n) is 2.34. The predicted octanol–water partition coefficient (Wildman–Crippen LogP) is 2.04. The topological polar surface area (TPSA) is 68.9 Å². The van der Waals surface area contributed by atoms with Crippen LogP contribution in [0.25, 0.3) is 0 Å². The molecule has 0 spiro atoms. The fourth-order valence-corrected chi connectivity index (χ4v) is 1.86. The molecule has 5 nitrogen and oxygen atoms in total. The Hall–Kier alpha value is -1.95. The van der Waals surface area contributed by atoms with Crippen molar-refractivity contribution in [2.24, 2.45) is 0 Å². The van der Waals surface area contributed by atoms with Gasteiger partial charge in [-0.1, -0.05) is 0 Å². The number of nitrogens with one attached hydrogen (secondary N) is 1. The third-order valence-corrected chi connectivity index (χ3v) is 2.77. The molecule has 0 fully saturated rings. The van der Waals surface area contributed by atoms with E-state index in [2.05, 4.69) is 26.2 Å². The average Bonchev–Trinajstić information content (AvgIpc) is 2.33. The summed E-state index contributed by atoms with van der Waals surface area (Å²) in [5.74, 6) is 0.204. The van der Waals surface area contributed by atoms with E-state index < -0.39 is 0 Å². The van der Waals surface area contributed by atoms with E-state index in [1.807, 2.05) is 13.0 Å². The first-order valence-electron chi connectivity index (χ1n) is 5.18. The van der Waals surface area contributed by atoms with E-state index in [1.54, 1.807) is 6.20 Å². The van der Waals surface area contributed by atoms with E-state index >= 15 is 0 Å². The molecule has 0 aliphatic carbocycles. The number of aryl methyl sites for hydroxylation is 1. The molecule has 18 heavy (non-hydrogen) atoms. The molecule has 0 saturated carbocycles. The fourth-order valence-electron chi connectivity index (χ4n) is 1.42. The molecule has 0 saturated heterocycles. The Labute approximate surface area is 112 Å². The van der Waals surface area contributed by atoms with Crippen LogP contribution in [0.4, 0.5) is 5.82 Å². The number of carbonyl (C=O) groups excluding carboxylic acids is 1. The summed E-state index contributed by atoms with van der Waals surface area (Å²) in [6, 6.07) is 4.77. The van der Waals surface area contributed by atoms with Crippen LogP contribution in [0.3, 0.4) is 0 Å². The molecule has 1 N–H and O–H groups in total. The van der Waals surface area contributed by atoms with Crippen molar-refractivity contribution in [1.29, 1.82) is 0 Å². The highest BCUT2D eigenvalue weighted by molar-refractivity contribution is 9.10. The summed E-state index contributed by atoms with van der Waals surface area (Å²) < 4.78 is 1.48. The van der Waals surface area contributed by atoms with Crippen LogP contribution in [0, 0.1) is 12.1 Å². The SMILES string of the molecule is Cc1cc(Br)cnc1NC(=O)c1cc[n+]([O-])cc1. The van der Waals surface area contributed by atoms with Crippen molar-refractivity contribution in [3.05, 3.63) is 57.6 Å². The summed E-state index contributed by atoms with van der Waals surface area (Å²) in [4.78, 5) is 16.0. The van der Waals surface area contributed by atoms with E-state index in [4.69, 9.17) is 0 Å². The van der Waals surface area contributed by atoms with E-state index in [-0.39, 0.29) is 5.91 Å². The van der Waals surface area contributed by atoms with Gasteiger partial charge in [-0.05, 0) is 34.5 Å². The zero-order chi connectivity index (χ0) is 13.1. The highest BCUT2D eigenvalue weighted by atomic mass is 79.9. The quantitative estimate of drug-likeness (QED) is 0.682. The number of hydrogen-bond acceptors (Lipinski definition) is 3. The van der Waals surface area contributed by atoms with Gasteiger partial charge in [-0.15, -0.1) is 0 Å². The van der Waals surface area contributed by atoms with Gasteiger partial charge in [-0.3, -0.25) is 4.79 Å². The molecule has 0 radical (unpaired) electrons. The summed E-state index contributed by atoms with van der Waals surface area (Å²) in [5.41, 5.74) is 1.26. The smallest absolute Gasteiger partial charge is 0.257 e. The van der Waals surface area contributed by atoms with E-state index in [0.29, 0.717) is 16.1 Å². The molecule has 2 heterocycles. The molecule has 1 amide bonds. The second-order valence-electron chi connectivity index (χ2n) is 3.72. The van der Waals surface area contributed by atoms with Gasteiger partial charge >= 0.3 is 0 Å². The molecule has 2 aromatic heterocycles. The highest BCUT2D eigenvalue weighted by Crippen LogP contribution is 2.17. The second kappa shape index (κ2) is 5.14. The van der Waals surface area contributed by atoms with Crippen LogP contribution in [0.15, 0.2) is 41.3 Å². The lowest BCUT2D eigenvalue weighted by molar-refractivity contribution is -0.605. The Balaban J connectivity index is 2.18. The summed E-state index contributed by atoms with van der Waals surface area (Å²) in [6.45, 7) is 1.85. The molecule has 2 rings (SSSR count). The molecule has 92 valence electrons. The number of rotatable bonds is 2. The average molecular weight is 308 g/mol. The molecule has 0 unspecified atom stereocenters. The first-order chi connectivity index (χ1) is 8.56. The maximum absolute atomic E-state index is 11.9. The lowest BCUT2D eigenvalue weighted by Gasteiger charge is -2.07. The minimum Gasteiger partial charge on any atom is -0.619 e. The highest BCUT2D eigenvalue weighted by Gasteiger charge is 2.09. The molecule has 0 atom stereocenters. The summed E-state index contributed by atoms with van der Waals surface area (Å²) >= 11 is 3.30. The van der Waals surface area contributed by atoms with Gasteiger partial charge in [-0.2, -0.15) is 4.73 Å². The van der Waals surface area contributed by atoms with Crippen molar-refractivity contribution in [3.8, 4) is 0 Å². The van der Waals surface area contributed by atoms with E-state index in [0.717, 1.165) is 10.0 Å². The van der Waals surface area contributed by atoms with Crippen LogP contribution in [-0.4, -0.2) is 10.9 Å². The summed E-state index contributed by atoms with van der Waals surface area (Å²) in [6.07, 6.45) is 4.16. The van der Waals surface area contributed by atoms with Gasteiger partial charge in [0.05, 0.1) is 5.56 Å². The van der Waals surface area contributed by atoms with Gasteiger partial charge in [0.25, 0.3) is 5.91 Å². The number of anilines is 1. The van der Waals surface area contributed by atoms with Gasteiger partial charge in [-0.25, -0.2) is 4.98 Å². The monoisotopic (exact) mass is 307 g/mol. The summed E-state index contributed by atoms with van der Waals surface area (Å²) in [5, 5.41) is 13.6. The molecule has 0 bridgehead atoms. The number of hydrogen-bond donors (Lipinski definition) is 1. The summed E-state index contributed by atoms with van der Waals surface area (Å²) in [7, 11) is 0. The van der Waals surface area contributed by atoms with Crippen molar-refractivity contribution < 1.29 is 9.52 Å². The van der Waals surface area contributed by atoms with Gasteiger partial charge in [0, 0.05) is 22.8 Å². The molecule has 0 aliphatic heterocycles. The van der Waals surface area contributed by atoms with E-state index in [9.17, 15) is 10.0 Å². The lowest BCUT2D eigenvalue weighted by Crippen LogP contribution is -2.25. The molecule has 0 aromatic carbocycles. The number of amides is 1. The van der Waals surface area contributed by atoms with Crippen LogP contribution in [-0.2, 0) is 0 Å². The van der Waals surface area contributed by atoms with E-state index in [1.165, 1.54) is 24.5 Å². The lowest BCUT2D eigenvalue weighted by atomic mass is 10.2. The fraction of sp³-hybridized carbons (Fsp3) is 0.0833. The zero-order valence-electron chi connectivity index (χ0n) is 9.55. The number of aromatic nitrogens is 2. The van der Waals surface area contributed by atoms with Gasteiger partial charge < -0.3 is 10.5 Å². The van der Waals surface area contributed by atoms with Crippen LogP contribution in [0.1, 0.15) is 15.9 Å². The third kappa shape index (κ3) is 2.84. The number of carbonyl (C=O) groups is 1. The molecular formula is C12H10BrN3O2. The van der Waals surface area contributed by atoms with Crippen LogP contribution >= 0.6 is 15.9 Å². The number of nitrogens with zero attached hydrogens (tertiary/aromatic N) is 2. The first-order valence-corrected chi connectivity index (χ1v) is 5.98. The number of halogens is 1. The Bertz CT molecular complexity index is 584. The zero-order valence-corrected chi connectivity index (χ0v) is 11.1. The molecule has 6 heteroatoms. The van der Waals surface area contributed by atoms with Crippen LogP contribution < -0.4 is 10.0 Å². The molecular weight excluding hydrogens is 298 g/mol. The van der Waals surface area contributed by atoms with Crippen molar-refractivity contribution in [2.75, 3.05) is 5.32 Å². The van der Waals surface area contributed by atoms with Crippen molar-refractivity contribution in [1.82, 2.24) is 4.98 Å². The molecule has 0 aliphatic rings. The Morgan fingerprint density at radius 1 is 1.44 bits per heavy atom. The number of pyridine rings is 2. The minimum absolute atomic E-state index is 0.298. The standard InChI is InChI=1S/C12H10BrN3O2/c1-8-6-10(13)7-14-11(8)15-12(17)9-2-4-16(18)5-3-9/h2-7H,1H3,(H,14,15,17). The van der Waals surface area contributed by atoms with Crippen LogP contribution in [0.5, 0.6) is 0 Å². The first kappa shape index (κ1) is 12.5. The van der Waals surface area contributed by atoms with Crippen molar-refractivity contribution >= 4 is 27.7 Å². The maximum atomic E-state index is 11.9. The molecule has 2 aromatic rings. The van der Waals surface area contributed by atoms with Crippen molar-refractivity contribution in [3.63, 3.8) is 0 Å². The largest absolute Gasteiger partial charge is 0.619 e. The Morgan fingerprint density at radius 2 is 2.11 bits per heavy atom. The van der Waals surface area contributed by atoms with Gasteiger partial charge in [0.15, 0.2) is 12.4 Å². The van der Waals surface area contributed by atoms with Crippen molar-refractivity contribution in [2.45, 2.75) is 6.92 Å². The Kier molecular flexibility index (Phi) is 3.57. The maximum Gasteiger partial charge on any atom is 0.257 e. The van der Waals surface area contributed by atoms with Gasteiger partial charge in [0.1, 0.15) is 5.82 Å². The second-order valence-corrected chi connectivity index (χ2v) is 4.64. The normalized spacial score (nSPS) is 10.1. The van der Waals surface area contributed by atoms with Crippen LogP contribution in [0.2, 0.25) is 0 Å². The minimum atomic E-state index is -0.298. The predicted molar refractivity (Wildman–Crippen MR) is 70.0 cm³/mol. The van der Waals surface area contributed by atoms with Gasteiger partial charge in [0.2, 0.25) is 0 Å².